The molecule has 19 heavy (non-hydrogen) atoms. The summed E-state index contributed by atoms with van der Waals surface area (Å²) >= 11 is 0. The van der Waals surface area contributed by atoms with Gasteiger partial charge in [-0.3, -0.25) is 4.79 Å². The van der Waals surface area contributed by atoms with Gasteiger partial charge in [-0.05, 0) is 32.6 Å². The molecule has 3 nitrogen and oxygen atoms in total. The van der Waals surface area contributed by atoms with E-state index >= 15 is 0 Å². The largest absolute Gasteiger partial charge is 0.406 e. The van der Waals surface area contributed by atoms with E-state index in [0.717, 1.165) is 4.90 Å². The van der Waals surface area contributed by atoms with Crippen LogP contribution in [0, 0.1) is 0 Å². The highest BCUT2D eigenvalue weighted by molar-refractivity contribution is 5.76. The van der Waals surface area contributed by atoms with E-state index in [1.54, 1.807) is 13.8 Å². The first-order valence-electron chi connectivity index (χ1n) is 6.83. The lowest BCUT2D eigenvalue weighted by Gasteiger charge is -2.31. The number of hydrogen-bond acceptors (Lipinski definition) is 2. The van der Waals surface area contributed by atoms with Crippen LogP contribution in [0.15, 0.2) is 0 Å². The second kappa shape index (κ2) is 8.40. The highest BCUT2D eigenvalue weighted by atomic mass is 19.4. The van der Waals surface area contributed by atoms with E-state index in [-0.39, 0.29) is 18.5 Å². The summed E-state index contributed by atoms with van der Waals surface area (Å²) < 4.78 is 37.6. The van der Waals surface area contributed by atoms with Gasteiger partial charge in [0.1, 0.15) is 6.54 Å². The van der Waals surface area contributed by atoms with Crippen molar-refractivity contribution in [2.24, 2.45) is 5.73 Å². The second-order valence-corrected chi connectivity index (χ2v) is 4.98. The first-order valence-corrected chi connectivity index (χ1v) is 6.83. The maximum atomic E-state index is 12.5. The molecule has 0 saturated carbocycles. The molecule has 1 atom stereocenters. The van der Waals surface area contributed by atoms with Gasteiger partial charge in [-0.15, -0.1) is 0 Å². The van der Waals surface area contributed by atoms with Gasteiger partial charge in [0, 0.05) is 18.5 Å². The first-order chi connectivity index (χ1) is 8.71. The van der Waals surface area contributed by atoms with Crippen LogP contribution in [0.4, 0.5) is 13.2 Å². The number of rotatable bonds is 8. The molecule has 1 unspecified atom stereocenters. The van der Waals surface area contributed by atoms with Crippen molar-refractivity contribution in [2.75, 3.05) is 6.54 Å². The lowest BCUT2D eigenvalue weighted by atomic mass is 10.1. The Labute approximate surface area is 113 Å². The molecule has 0 spiro atoms. The van der Waals surface area contributed by atoms with Crippen molar-refractivity contribution in [3.8, 4) is 0 Å². The minimum atomic E-state index is -4.35. The molecule has 0 heterocycles. The Morgan fingerprint density at radius 2 is 1.79 bits per heavy atom. The third-order valence-electron chi connectivity index (χ3n) is 3.10. The minimum absolute atomic E-state index is 0.0305. The van der Waals surface area contributed by atoms with Gasteiger partial charge < -0.3 is 10.6 Å². The molecular formula is C13H25F3N2O. The van der Waals surface area contributed by atoms with Crippen LogP contribution in [0.1, 0.15) is 52.9 Å². The van der Waals surface area contributed by atoms with Crippen LogP contribution in [0.3, 0.4) is 0 Å². The van der Waals surface area contributed by atoms with Crippen LogP contribution in [-0.4, -0.2) is 35.6 Å². The fourth-order valence-corrected chi connectivity index (χ4v) is 2.06. The molecule has 114 valence electrons. The van der Waals surface area contributed by atoms with Crippen molar-refractivity contribution >= 4 is 5.91 Å². The van der Waals surface area contributed by atoms with Crippen molar-refractivity contribution in [1.82, 2.24) is 4.90 Å². The van der Waals surface area contributed by atoms with E-state index in [4.69, 9.17) is 5.73 Å². The summed E-state index contributed by atoms with van der Waals surface area (Å²) in [7, 11) is 0. The average Bonchev–Trinajstić information content (AvgIpc) is 2.27. The highest BCUT2D eigenvalue weighted by Crippen LogP contribution is 2.21. The standard InChI is InChI=1S/C13H25F3N2O/c1-4-11(5-2)18(9-13(14,15)16)12(19)8-6-7-10(3)17/h10-11H,4-9,17H2,1-3H3. The summed E-state index contributed by atoms with van der Waals surface area (Å²) in [5.41, 5.74) is 5.56. The molecule has 6 heteroatoms. The molecule has 2 N–H and O–H groups in total. The lowest BCUT2D eigenvalue weighted by molar-refractivity contribution is -0.166. The monoisotopic (exact) mass is 282 g/mol. The molecule has 0 aliphatic heterocycles. The zero-order chi connectivity index (χ0) is 15.1. The van der Waals surface area contributed by atoms with Crippen LogP contribution >= 0.6 is 0 Å². The number of carbonyl (C=O) groups excluding carboxylic acids is 1. The molecule has 0 aliphatic carbocycles. The number of hydrogen-bond donors (Lipinski definition) is 1. The number of nitrogens with two attached hydrogens (primary N) is 1. The smallest absolute Gasteiger partial charge is 0.331 e. The van der Waals surface area contributed by atoms with Gasteiger partial charge in [0.2, 0.25) is 5.91 Å². The van der Waals surface area contributed by atoms with Gasteiger partial charge in [0.15, 0.2) is 0 Å². The summed E-state index contributed by atoms with van der Waals surface area (Å²) in [4.78, 5) is 12.9. The maximum Gasteiger partial charge on any atom is 0.406 e. The molecule has 1 amide bonds. The van der Waals surface area contributed by atoms with Gasteiger partial charge in [-0.2, -0.15) is 13.2 Å². The Balaban J connectivity index is 4.59. The fraction of sp³-hybridized carbons (Fsp3) is 0.923. The van der Waals surface area contributed by atoms with Crippen LogP contribution < -0.4 is 5.73 Å². The molecule has 0 saturated heterocycles. The van der Waals surface area contributed by atoms with Crippen molar-refractivity contribution in [3.05, 3.63) is 0 Å². The van der Waals surface area contributed by atoms with E-state index in [0.29, 0.717) is 25.7 Å². The van der Waals surface area contributed by atoms with Gasteiger partial charge in [-0.25, -0.2) is 0 Å². The summed E-state index contributed by atoms with van der Waals surface area (Å²) in [5, 5.41) is 0. The summed E-state index contributed by atoms with van der Waals surface area (Å²) in [6.45, 7) is 4.26. The molecule has 0 bridgehead atoms. The number of halogens is 3. The Bertz CT molecular complexity index is 263. The molecule has 0 rings (SSSR count). The third kappa shape index (κ3) is 8.08. The molecule has 0 fully saturated rings. The molecule has 0 aromatic rings. The van der Waals surface area contributed by atoms with E-state index in [1.807, 2.05) is 6.92 Å². The quantitative estimate of drug-likeness (QED) is 0.743. The zero-order valence-electron chi connectivity index (χ0n) is 12.0. The molecule has 0 aromatic heterocycles. The third-order valence-corrected chi connectivity index (χ3v) is 3.10. The van der Waals surface area contributed by atoms with E-state index in [2.05, 4.69) is 0 Å². The molecule has 0 radical (unpaired) electrons. The number of carbonyl (C=O) groups is 1. The summed E-state index contributed by atoms with van der Waals surface area (Å²) in [5.74, 6) is -0.424. The van der Waals surface area contributed by atoms with E-state index in [9.17, 15) is 18.0 Å². The van der Waals surface area contributed by atoms with E-state index < -0.39 is 18.6 Å². The van der Waals surface area contributed by atoms with Gasteiger partial charge in [-0.1, -0.05) is 13.8 Å². The predicted octanol–water partition coefficient (Wildman–Crippen LogP) is 3.08. The number of nitrogens with zero attached hydrogens (tertiary/aromatic N) is 1. The van der Waals surface area contributed by atoms with Crippen LogP contribution in [0.5, 0.6) is 0 Å². The van der Waals surface area contributed by atoms with Crippen molar-refractivity contribution < 1.29 is 18.0 Å². The van der Waals surface area contributed by atoms with E-state index in [1.165, 1.54) is 0 Å². The Morgan fingerprint density at radius 3 is 2.16 bits per heavy atom. The molecular weight excluding hydrogens is 257 g/mol. The second-order valence-electron chi connectivity index (χ2n) is 4.98. The van der Waals surface area contributed by atoms with Crippen molar-refractivity contribution in [1.29, 1.82) is 0 Å². The van der Waals surface area contributed by atoms with Crippen molar-refractivity contribution in [3.63, 3.8) is 0 Å². The van der Waals surface area contributed by atoms with Crippen molar-refractivity contribution in [2.45, 2.75) is 71.1 Å². The van der Waals surface area contributed by atoms with Gasteiger partial charge in [0.05, 0.1) is 0 Å². The van der Waals surface area contributed by atoms with Gasteiger partial charge in [0.25, 0.3) is 0 Å². The topological polar surface area (TPSA) is 46.3 Å². The average molecular weight is 282 g/mol. The number of amides is 1. The maximum absolute atomic E-state index is 12.5. The zero-order valence-corrected chi connectivity index (χ0v) is 12.0. The summed E-state index contributed by atoms with van der Waals surface area (Å²) in [6.07, 6.45) is -1.97. The normalized spacial score (nSPS) is 13.7. The molecule has 0 aromatic carbocycles. The first kappa shape index (κ1) is 18.2. The Hall–Kier alpha value is -0.780. The lowest BCUT2D eigenvalue weighted by Crippen LogP contribution is -2.45. The SMILES string of the molecule is CCC(CC)N(CC(F)(F)F)C(=O)CCCC(C)N. The summed E-state index contributed by atoms with van der Waals surface area (Å²) in [6, 6.07) is -0.374. The number of alkyl halides is 3. The predicted molar refractivity (Wildman–Crippen MR) is 69.6 cm³/mol. The molecule has 0 aliphatic rings. The fourth-order valence-electron chi connectivity index (χ4n) is 2.06. The van der Waals surface area contributed by atoms with Crippen LogP contribution in [0.25, 0.3) is 0 Å². The highest BCUT2D eigenvalue weighted by Gasteiger charge is 2.35. The van der Waals surface area contributed by atoms with Crippen LogP contribution in [0.2, 0.25) is 0 Å². The Kier molecular flexibility index (Phi) is 8.06. The minimum Gasteiger partial charge on any atom is -0.331 e. The van der Waals surface area contributed by atoms with Gasteiger partial charge >= 0.3 is 6.18 Å². The van der Waals surface area contributed by atoms with Crippen LogP contribution in [-0.2, 0) is 4.79 Å². The Morgan fingerprint density at radius 1 is 1.26 bits per heavy atom.